The Morgan fingerprint density at radius 3 is 2.78 bits per heavy atom. The third-order valence-corrected chi connectivity index (χ3v) is 3.43. The topological polar surface area (TPSA) is 39.8 Å². The van der Waals surface area contributed by atoms with E-state index in [1.165, 1.54) is 0 Å². The average molecular weight is 266 g/mol. The largest absolute Gasteiger partial charge is 0.348 e. The molecule has 0 atom stereocenters. The highest BCUT2D eigenvalue weighted by Crippen LogP contribution is 2.21. The zero-order valence-electron chi connectivity index (χ0n) is 10.8. The Bertz CT molecular complexity index is 583. The second kappa shape index (κ2) is 4.98. The Hall–Kier alpha value is -1.55. The van der Waals surface area contributed by atoms with Crippen molar-refractivity contribution in [3.63, 3.8) is 0 Å². The summed E-state index contributed by atoms with van der Waals surface area (Å²) >= 11 is 6.25. The molecule has 0 saturated carbocycles. The Labute approximate surface area is 111 Å². The molecule has 0 saturated heterocycles. The molecule has 0 radical (unpaired) electrons. The van der Waals surface area contributed by atoms with Crippen LogP contribution in [-0.2, 0) is 13.1 Å². The number of aromatic nitrogens is 3. The molecule has 5 heteroatoms. The Morgan fingerprint density at radius 2 is 2.22 bits per heavy atom. The molecule has 0 aliphatic carbocycles. The lowest BCUT2D eigenvalue weighted by molar-refractivity contribution is 0.101. The van der Waals surface area contributed by atoms with Crippen LogP contribution in [0.2, 0.25) is 5.02 Å². The Balaban J connectivity index is 2.30. The van der Waals surface area contributed by atoms with Gasteiger partial charge in [0.1, 0.15) is 0 Å². The molecule has 0 aromatic carbocycles. The number of halogens is 1. The quantitative estimate of drug-likeness (QED) is 0.798. The summed E-state index contributed by atoms with van der Waals surface area (Å²) in [6.45, 7) is 6.90. The van der Waals surface area contributed by atoms with E-state index in [0.717, 1.165) is 17.9 Å². The maximum absolute atomic E-state index is 11.2. The first-order chi connectivity index (χ1) is 8.52. The molecule has 0 fully saturated rings. The molecule has 0 aliphatic heterocycles. The molecule has 0 N–H and O–H groups in total. The molecule has 2 heterocycles. The molecule has 2 aromatic heterocycles. The van der Waals surface area contributed by atoms with Gasteiger partial charge in [-0.05, 0) is 26.8 Å². The summed E-state index contributed by atoms with van der Waals surface area (Å²) in [5, 5.41) is 5.07. The number of Topliss-reactive ketones (excluding diaryl/α,β-unsaturated/α-hetero) is 1. The van der Waals surface area contributed by atoms with E-state index in [4.69, 9.17) is 11.6 Å². The standard InChI is InChI=1S/C13H16ClN3O/c1-4-17-12(13(14)9(2)15-17)8-16-6-5-11(7-16)10(3)18/h5-7H,4,8H2,1-3H3. The van der Waals surface area contributed by atoms with Gasteiger partial charge in [0.2, 0.25) is 0 Å². The second-order valence-electron chi connectivity index (χ2n) is 4.29. The Kier molecular flexibility index (Phi) is 3.57. The lowest BCUT2D eigenvalue weighted by atomic mass is 10.2. The van der Waals surface area contributed by atoms with Gasteiger partial charge in [-0.25, -0.2) is 0 Å². The summed E-state index contributed by atoms with van der Waals surface area (Å²) in [5.41, 5.74) is 2.53. The monoisotopic (exact) mass is 265 g/mol. The van der Waals surface area contributed by atoms with Crippen molar-refractivity contribution in [2.24, 2.45) is 0 Å². The van der Waals surface area contributed by atoms with Crippen LogP contribution in [0.25, 0.3) is 0 Å². The van der Waals surface area contributed by atoms with Crippen molar-refractivity contribution in [1.82, 2.24) is 14.3 Å². The highest BCUT2D eigenvalue weighted by Gasteiger charge is 2.13. The second-order valence-corrected chi connectivity index (χ2v) is 4.67. The minimum atomic E-state index is 0.0695. The summed E-state index contributed by atoms with van der Waals surface area (Å²) in [6, 6.07) is 1.82. The number of carbonyl (C=O) groups is 1. The van der Waals surface area contributed by atoms with Crippen molar-refractivity contribution in [3.8, 4) is 0 Å². The number of carbonyl (C=O) groups excluding carboxylic acids is 1. The predicted molar refractivity (Wildman–Crippen MR) is 71.2 cm³/mol. The van der Waals surface area contributed by atoms with Crippen LogP contribution in [0.3, 0.4) is 0 Å². The number of nitrogens with zero attached hydrogens (tertiary/aromatic N) is 3. The summed E-state index contributed by atoms with van der Waals surface area (Å²) < 4.78 is 3.84. The lowest BCUT2D eigenvalue weighted by Gasteiger charge is -2.06. The molecule has 0 aliphatic rings. The maximum atomic E-state index is 11.2. The molecule has 2 rings (SSSR count). The molecule has 0 spiro atoms. The van der Waals surface area contributed by atoms with E-state index in [1.54, 1.807) is 6.92 Å². The first-order valence-corrected chi connectivity index (χ1v) is 6.29. The van der Waals surface area contributed by atoms with Crippen molar-refractivity contribution >= 4 is 17.4 Å². The fourth-order valence-corrected chi connectivity index (χ4v) is 2.14. The Morgan fingerprint density at radius 1 is 1.50 bits per heavy atom. The molecule has 2 aromatic rings. The average Bonchev–Trinajstić information content (AvgIpc) is 2.89. The van der Waals surface area contributed by atoms with Crippen LogP contribution in [0.5, 0.6) is 0 Å². The van der Waals surface area contributed by atoms with Crippen molar-refractivity contribution in [3.05, 3.63) is 40.4 Å². The van der Waals surface area contributed by atoms with E-state index in [0.29, 0.717) is 17.1 Å². The minimum absolute atomic E-state index is 0.0695. The lowest BCUT2D eigenvalue weighted by Crippen LogP contribution is -2.07. The van der Waals surface area contributed by atoms with Gasteiger partial charge in [-0.2, -0.15) is 5.10 Å². The van der Waals surface area contributed by atoms with Crippen LogP contribution in [0.1, 0.15) is 35.6 Å². The fourth-order valence-electron chi connectivity index (χ4n) is 1.94. The van der Waals surface area contributed by atoms with Crippen LogP contribution in [0.4, 0.5) is 0 Å². The molecule has 0 amide bonds. The summed E-state index contributed by atoms with van der Waals surface area (Å²) in [7, 11) is 0. The van der Waals surface area contributed by atoms with E-state index in [9.17, 15) is 4.79 Å². The van der Waals surface area contributed by atoms with Crippen molar-refractivity contribution in [2.75, 3.05) is 0 Å². The first-order valence-electron chi connectivity index (χ1n) is 5.91. The maximum Gasteiger partial charge on any atom is 0.161 e. The van der Waals surface area contributed by atoms with Crippen LogP contribution in [-0.4, -0.2) is 20.1 Å². The minimum Gasteiger partial charge on any atom is -0.348 e. The molecule has 0 bridgehead atoms. The number of hydrogen-bond donors (Lipinski definition) is 0. The smallest absolute Gasteiger partial charge is 0.161 e. The van der Waals surface area contributed by atoms with Gasteiger partial charge in [-0.3, -0.25) is 9.48 Å². The fraction of sp³-hybridized carbons (Fsp3) is 0.385. The van der Waals surface area contributed by atoms with Crippen LogP contribution in [0, 0.1) is 6.92 Å². The van der Waals surface area contributed by atoms with Crippen LogP contribution >= 0.6 is 11.6 Å². The molecular weight excluding hydrogens is 250 g/mol. The van der Waals surface area contributed by atoms with E-state index in [2.05, 4.69) is 5.10 Å². The van der Waals surface area contributed by atoms with E-state index < -0.39 is 0 Å². The number of aryl methyl sites for hydroxylation is 2. The summed E-state index contributed by atoms with van der Waals surface area (Å²) in [6.07, 6.45) is 3.72. The van der Waals surface area contributed by atoms with Crippen LogP contribution < -0.4 is 0 Å². The van der Waals surface area contributed by atoms with E-state index in [-0.39, 0.29) is 5.78 Å². The van der Waals surface area contributed by atoms with Gasteiger partial charge in [0, 0.05) is 24.5 Å². The highest BCUT2D eigenvalue weighted by atomic mass is 35.5. The highest BCUT2D eigenvalue weighted by molar-refractivity contribution is 6.31. The third-order valence-electron chi connectivity index (χ3n) is 2.94. The van der Waals surface area contributed by atoms with Gasteiger partial charge in [-0.15, -0.1) is 0 Å². The molecule has 4 nitrogen and oxygen atoms in total. The molecule has 96 valence electrons. The normalized spacial score (nSPS) is 10.9. The van der Waals surface area contributed by atoms with Gasteiger partial charge >= 0.3 is 0 Å². The number of hydrogen-bond acceptors (Lipinski definition) is 2. The van der Waals surface area contributed by atoms with Gasteiger partial charge in [0.05, 0.1) is 23.0 Å². The zero-order chi connectivity index (χ0) is 13.3. The SMILES string of the molecule is CCn1nc(C)c(Cl)c1Cn1ccc(C(C)=O)c1. The summed E-state index contributed by atoms with van der Waals surface area (Å²) in [5.74, 6) is 0.0695. The number of ketones is 1. The molecule has 18 heavy (non-hydrogen) atoms. The van der Waals surface area contributed by atoms with Crippen molar-refractivity contribution < 1.29 is 4.79 Å². The predicted octanol–water partition coefficient (Wildman–Crippen LogP) is 2.92. The first kappa shape index (κ1) is 12.9. The van der Waals surface area contributed by atoms with E-state index >= 15 is 0 Å². The van der Waals surface area contributed by atoms with Crippen LogP contribution in [0.15, 0.2) is 18.5 Å². The van der Waals surface area contributed by atoms with Gasteiger partial charge in [0.25, 0.3) is 0 Å². The number of rotatable bonds is 4. The third kappa shape index (κ3) is 2.34. The molecule has 0 unspecified atom stereocenters. The van der Waals surface area contributed by atoms with Gasteiger partial charge in [-0.1, -0.05) is 11.6 Å². The van der Waals surface area contributed by atoms with E-state index in [1.807, 2.05) is 41.6 Å². The summed E-state index contributed by atoms with van der Waals surface area (Å²) in [4.78, 5) is 11.2. The van der Waals surface area contributed by atoms with Crippen molar-refractivity contribution in [1.29, 1.82) is 0 Å². The van der Waals surface area contributed by atoms with Gasteiger partial charge < -0.3 is 4.57 Å². The zero-order valence-corrected chi connectivity index (χ0v) is 11.5. The molecular formula is C13H16ClN3O. The van der Waals surface area contributed by atoms with Gasteiger partial charge in [0.15, 0.2) is 5.78 Å². The van der Waals surface area contributed by atoms with Crippen molar-refractivity contribution in [2.45, 2.75) is 33.9 Å².